The quantitative estimate of drug-likeness (QED) is 0.519. The van der Waals surface area contributed by atoms with Crippen molar-refractivity contribution in [2.24, 2.45) is 0 Å². The Labute approximate surface area is 75.8 Å². The monoisotopic (exact) mass is 182 g/mol. The Morgan fingerprint density at radius 2 is 2.50 bits per heavy atom. The Morgan fingerprint density at radius 1 is 1.75 bits per heavy atom. The van der Waals surface area contributed by atoms with Gasteiger partial charge in [0.25, 0.3) is 0 Å². The number of pyridine rings is 1. The van der Waals surface area contributed by atoms with Gasteiger partial charge in [-0.2, -0.15) is 0 Å². The lowest BCUT2D eigenvalue weighted by Gasteiger charge is -2.04. The third-order valence-electron chi connectivity index (χ3n) is 1.23. The maximum atomic E-state index is 6.80. The first kappa shape index (κ1) is 8.82. The predicted molar refractivity (Wildman–Crippen MR) is 46.7 cm³/mol. The van der Waals surface area contributed by atoms with Crippen molar-refractivity contribution in [1.29, 1.82) is 0 Å². The molecule has 1 rings (SSSR count). The Kier molecular flexibility index (Phi) is 2.89. The van der Waals surface area contributed by atoms with Gasteiger partial charge in [0.05, 0.1) is 13.2 Å². The summed E-state index contributed by atoms with van der Waals surface area (Å²) in [4.78, 5) is 7.00. The second-order valence-electron chi connectivity index (χ2n) is 2.02. The summed E-state index contributed by atoms with van der Waals surface area (Å²) in [7, 11) is 0. The standard InChI is InChI=1S/C8H7ClN2O/c1-3-12-7-4-8(9)11-5-6(7)10-2/h4-5H,3H2,1H3. The van der Waals surface area contributed by atoms with Crippen LogP contribution in [0.4, 0.5) is 5.69 Å². The number of ether oxygens (including phenoxy) is 1. The normalized spacial score (nSPS) is 9.08. The van der Waals surface area contributed by atoms with E-state index in [4.69, 9.17) is 22.9 Å². The minimum atomic E-state index is 0.339. The molecular weight excluding hydrogens is 176 g/mol. The van der Waals surface area contributed by atoms with Gasteiger partial charge in [-0.15, -0.1) is 0 Å². The van der Waals surface area contributed by atoms with Crippen LogP contribution in [0.1, 0.15) is 6.92 Å². The molecule has 1 heterocycles. The molecule has 4 heteroatoms. The van der Waals surface area contributed by atoms with Crippen LogP contribution < -0.4 is 4.74 Å². The highest BCUT2D eigenvalue weighted by atomic mass is 35.5. The lowest BCUT2D eigenvalue weighted by Crippen LogP contribution is -1.91. The Morgan fingerprint density at radius 3 is 3.08 bits per heavy atom. The second-order valence-corrected chi connectivity index (χ2v) is 2.41. The first-order valence-electron chi connectivity index (χ1n) is 3.43. The Bertz CT molecular complexity index is 319. The van der Waals surface area contributed by atoms with Gasteiger partial charge in [-0.3, -0.25) is 4.98 Å². The summed E-state index contributed by atoms with van der Waals surface area (Å²) in [5.74, 6) is 0.493. The summed E-state index contributed by atoms with van der Waals surface area (Å²) in [6, 6.07) is 1.54. The molecule has 12 heavy (non-hydrogen) atoms. The number of hydrogen-bond donors (Lipinski definition) is 0. The number of rotatable bonds is 2. The smallest absolute Gasteiger partial charge is 0.246 e. The van der Waals surface area contributed by atoms with Crippen molar-refractivity contribution in [1.82, 2.24) is 4.98 Å². The van der Waals surface area contributed by atoms with Gasteiger partial charge in [0.15, 0.2) is 0 Å². The highest BCUT2D eigenvalue weighted by Crippen LogP contribution is 2.28. The van der Waals surface area contributed by atoms with Crippen LogP contribution in [0, 0.1) is 6.57 Å². The van der Waals surface area contributed by atoms with Crippen molar-refractivity contribution < 1.29 is 4.74 Å². The van der Waals surface area contributed by atoms with Gasteiger partial charge in [0, 0.05) is 12.3 Å². The molecule has 0 saturated carbocycles. The molecule has 0 N–H and O–H groups in total. The molecule has 0 atom stereocenters. The predicted octanol–water partition coefficient (Wildman–Crippen LogP) is 2.68. The van der Waals surface area contributed by atoms with Crippen LogP contribution in [0.3, 0.4) is 0 Å². The number of nitrogens with zero attached hydrogens (tertiary/aromatic N) is 2. The van der Waals surface area contributed by atoms with E-state index in [9.17, 15) is 0 Å². The lowest BCUT2D eigenvalue weighted by atomic mass is 10.4. The van der Waals surface area contributed by atoms with E-state index in [0.717, 1.165) is 0 Å². The van der Waals surface area contributed by atoms with Gasteiger partial charge in [-0.05, 0) is 6.92 Å². The van der Waals surface area contributed by atoms with Crippen LogP contribution >= 0.6 is 11.6 Å². The number of hydrogen-bond acceptors (Lipinski definition) is 2. The van der Waals surface area contributed by atoms with Crippen LogP contribution in [0.15, 0.2) is 12.3 Å². The number of halogens is 1. The first-order valence-corrected chi connectivity index (χ1v) is 3.81. The second kappa shape index (κ2) is 3.93. The molecule has 62 valence electrons. The zero-order chi connectivity index (χ0) is 8.97. The van der Waals surface area contributed by atoms with E-state index in [0.29, 0.717) is 23.2 Å². The maximum Gasteiger partial charge on any atom is 0.246 e. The fraction of sp³-hybridized carbons (Fsp3) is 0.250. The summed E-state index contributed by atoms with van der Waals surface area (Å²) in [5, 5.41) is 0.339. The van der Waals surface area contributed by atoms with Crippen LogP contribution in [-0.2, 0) is 0 Å². The molecule has 0 aliphatic heterocycles. The minimum absolute atomic E-state index is 0.339. The topological polar surface area (TPSA) is 26.5 Å². The van der Waals surface area contributed by atoms with Crippen molar-refractivity contribution in [3.8, 4) is 5.75 Å². The van der Waals surface area contributed by atoms with Gasteiger partial charge in [0.2, 0.25) is 5.69 Å². The van der Waals surface area contributed by atoms with Crippen molar-refractivity contribution >= 4 is 17.3 Å². The van der Waals surface area contributed by atoms with Crippen LogP contribution in [0.5, 0.6) is 5.75 Å². The van der Waals surface area contributed by atoms with Crippen molar-refractivity contribution in [2.75, 3.05) is 6.61 Å². The van der Waals surface area contributed by atoms with E-state index in [1.54, 1.807) is 6.07 Å². The third kappa shape index (κ3) is 1.86. The molecule has 1 aromatic heterocycles. The molecule has 0 amide bonds. The molecule has 0 spiro atoms. The van der Waals surface area contributed by atoms with E-state index in [-0.39, 0.29) is 0 Å². The van der Waals surface area contributed by atoms with E-state index < -0.39 is 0 Å². The maximum absolute atomic E-state index is 6.80. The molecule has 0 saturated heterocycles. The fourth-order valence-electron chi connectivity index (χ4n) is 0.761. The summed E-state index contributed by atoms with van der Waals surface area (Å²) >= 11 is 5.62. The van der Waals surface area contributed by atoms with Crippen LogP contribution in [0.25, 0.3) is 4.85 Å². The summed E-state index contributed by atoms with van der Waals surface area (Å²) in [6.45, 7) is 9.16. The summed E-state index contributed by atoms with van der Waals surface area (Å²) in [6.07, 6.45) is 1.40. The first-order chi connectivity index (χ1) is 5.77. The molecule has 0 aromatic carbocycles. The van der Waals surface area contributed by atoms with Crippen LogP contribution in [0.2, 0.25) is 5.15 Å². The third-order valence-corrected chi connectivity index (χ3v) is 1.44. The molecule has 0 unspecified atom stereocenters. The average Bonchev–Trinajstić information content (AvgIpc) is 2.05. The molecule has 1 aromatic rings. The zero-order valence-electron chi connectivity index (χ0n) is 6.54. The largest absolute Gasteiger partial charge is 0.505 e. The van der Waals surface area contributed by atoms with Crippen molar-refractivity contribution in [3.05, 3.63) is 28.8 Å². The molecular formula is C8H7ClN2O. The Balaban J connectivity index is 3.06. The highest BCUT2D eigenvalue weighted by molar-refractivity contribution is 6.29. The lowest BCUT2D eigenvalue weighted by molar-refractivity contribution is 0.342. The number of aromatic nitrogens is 1. The fourth-order valence-corrected chi connectivity index (χ4v) is 0.909. The molecule has 0 bridgehead atoms. The highest BCUT2D eigenvalue weighted by Gasteiger charge is 2.03. The minimum Gasteiger partial charge on any atom is -0.505 e. The van der Waals surface area contributed by atoms with E-state index >= 15 is 0 Å². The molecule has 0 fully saturated rings. The van der Waals surface area contributed by atoms with E-state index in [1.807, 2.05) is 6.92 Å². The Hall–Kier alpha value is -1.27. The van der Waals surface area contributed by atoms with E-state index in [2.05, 4.69) is 9.83 Å². The van der Waals surface area contributed by atoms with Crippen molar-refractivity contribution in [3.63, 3.8) is 0 Å². The summed E-state index contributed by atoms with van der Waals surface area (Å²) < 4.78 is 5.17. The molecule has 0 radical (unpaired) electrons. The van der Waals surface area contributed by atoms with Gasteiger partial charge >= 0.3 is 0 Å². The average molecular weight is 183 g/mol. The van der Waals surface area contributed by atoms with Gasteiger partial charge in [-0.25, -0.2) is 4.85 Å². The molecule has 0 aliphatic rings. The van der Waals surface area contributed by atoms with Gasteiger partial charge < -0.3 is 4.74 Å². The summed E-state index contributed by atoms with van der Waals surface area (Å²) in [5.41, 5.74) is 0.390. The van der Waals surface area contributed by atoms with Gasteiger partial charge in [-0.1, -0.05) is 11.6 Å². The van der Waals surface area contributed by atoms with Crippen LogP contribution in [-0.4, -0.2) is 11.6 Å². The van der Waals surface area contributed by atoms with E-state index in [1.165, 1.54) is 6.20 Å². The van der Waals surface area contributed by atoms with Crippen molar-refractivity contribution in [2.45, 2.75) is 6.92 Å². The zero-order valence-corrected chi connectivity index (χ0v) is 7.30. The molecule has 0 aliphatic carbocycles. The SMILES string of the molecule is [C-]#[N+]c1cnc(Cl)cc1OCC. The van der Waals surface area contributed by atoms with Gasteiger partial charge in [0.1, 0.15) is 10.9 Å². The molecule has 3 nitrogen and oxygen atoms in total.